The Morgan fingerprint density at radius 3 is 2.80 bits per heavy atom. The number of ether oxygens (including phenoxy) is 1. The van der Waals surface area contributed by atoms with Crippen LogP contribution in [0.2, 0.25) is 0 Å². The molecule has 1 heterocycles. The molecule has 0 fully saturated rings. The Morgan fingerprint density at radius 2 is 2.10 bits per heavy atom. The van der Waals surface area contributed by atoms with Gasteiger partial charge in [0.15, 0.2) is 6.10 Å². The van der Waals surface area contributed by atoms with Crippen LogP contribution < -0.4 is 10.1 Å². The number of hydrogen-bond donors (Lipinski definition) is 1. The summed E-state index contributed by atoms with van der Waals surface area (Å²) in [6.45, 7) is 5.68. The average Bonchev–Trinajstić information content (AvgIpc) is 2.44. The summed E-state index contributed by atoms with van der Waals surface area (Å²) >= 11 is 0. The summed E-state index contributed by atoms with van der Waals surface area (Å²) in [7, 11) is 0. The molecule has 0 saturated carbocycles. The van der Waals surface area contributed by atoms with E-state index in [0.29, 0.717) is 5.69 Å². The Morgan fingerprint density at radius 1 is 1.30 bits per heavy atom. The number of benzene rings is 1. The fourth-order valence-corrected chi connectivity index (χ4v) is 1.76. The van der Waals surface area contributed by atoms with Gasteiger partial charge in [0, 0.05) is 6.20 Å². The third-order valence-corrected chi connectivity index (χ3v) is 2.95. The molecule has 1 amide bonds. The standard InChI is InChI=1S/C16H18N2O2/c1-11-6-7-12(2)15(9-11)20-13(3)16(19)18-14-5-4-8-17-10-14/h4-10,13H,1-3H3,(H,18,19)/t13-/m0/s1. The average molecular weight is 270 g/mol. The highest BCUT2D eigenvalue weighted by Crippen LogP contribution is 2.20. The third-order valence-electron chi connectivity index (χ3n) is 2.95. The summed E-state index contributed by atoms with van der Waals surface area (Å²) in [6, 6.07) is 9.49. The van der Waals surface area contributed by atoms with E-state index in [1.807, 2.05) is 32.0 Å². The maximum atomic E-state index is 12.0. The summed E-state index contributed by atoms with van der Waals surface area (Å²) in [6.07, 6.45) is 2.68. The normalized spacial score (nSPS) is 11.8. The molecule has 1 N–H and O–H groups in total. The van der Waals surface area contributed by atoms with Gasteiger partial charge >= 0.3 is 0 Å². The van der Waals surface area contributed by atoms with Crippen LogP contribution in [-0.2, 0) is 4.79 Å². The van der Waals surface area contributed by atoms with E-state index in [-0.39, 0.29) is 5.91 Å². The SMILES string of the molecule is Cc1ccc(C)c(O[C@@H](C)C(=O)Nc2cccnc2)c1. The quantitative estimate of drug-likeness (QED) is 0.928. The molecule has 0 bridgehead atoms. The lowest BCUT2D eigenvalue weighted by atomic mass is 10.1. The van der Waals surface area contributed by atoms with Gasteiger partial charge in [-0.3, -0.25) is 9.78 Å². The predicted molar refractivity (Wildman–Crippen MR) is 78.9 cm³/mol. The molecule has 4 heteroatoms. The Labute approximate surface area is 118 Å². The highest BCUT2D eigenvalue weighted by molar-refractivity contribution is 5.93. The summed E-state index contributed by atoms with van der Waals surface area (Å²) < 4.78 is 5.73. The van der Waals surface area contributed by atoms with Crippen LogP contribution in [0.5, 0.6) is 5.75 Å². The molecule has 1 atom stereocenters. The van der Waals surface area contributed by atoms with E-state index in [4.69, 9.17) is 4.74 Å². The van der Waals surface area contributed by atoms with Gasteiger partial charge in [-0.1, -0.05) is 12.1 Å². The van der Waals surface area contributed by atoms with E-state index in [9.17, 15) is 4.79 Å². The van der Waals surface area contributed by atoms with Crippen LogP contribution in [0.3, 0.4) is 0 Å². The summed E-state index contributed by atoms with van der Waals surface area (Å²) in [5, 5.41) is 2.77. The molecular formula is C16H18N2O2. The fourth-order valence-electron chi connectivity index (χ4n) is 1.76. The van der Waals surface area contributed by atoms with Gasteiger partial charge in [-0.15, -0.1) is 0 Å². The molecule has 20 heavy (non-hydrogen) atoms. The number of rotatable bonds is 4. The van der Waals surface area contributed by atoms with Gasteiger partial charge in [-0.2, -0.15) is 0 Å². The second-order valence-corrected chi connectivity index (χ2v) is 4.76. The van der Waals surface area contributed by atoms with Crippen LogP contribution in [0.4, 0.5) is 5.69 Å². The Kier molecular flexibility index (Phi) is 4.35. The number of carbonyl (C=O) groups excluding carboxylic acids is 1. The van der Waals surface area contributed by atoms with Crippen molar-refractivity contribution in [2.45, 2.75) is 26.9 Å². The van der Waals surface area contributed by atoms with Crippen molar-refractivity contribution in [1.29, 1.82) is 0 Å². The first-order valence-electron chi connectivity index (χ1n) is 6.51. The third kappa shape index (κ3) is 3.57. The number of nitrogens with zero attached hydrogens (tertiary/aromatic N) is 1. The summed E-state index contributed by atoms with van der Waals surface area (Å²) in [5.74, 6) is 0.540. The first kappa shape index (κ1) is 14.1. The molecule has 104 valence electrons. The zero-order valence-corrected chi connectivity index (χ0v) is 11.9. The van der Waals surface area contributed by atoms with Gasteiger partial charge in [0.05, 0.1) is 11.9 Å². The van der Waals surface area contributed by atoms with Crippen molar-refractivity contribution in [1.82, 2.24) is 4.98 Å². The van der Waals surface area contributed by atoms with Crippen LogP contribution in [0.25, 0.3) is 0 Å². The van der Waals surface area contributed by atoms with Gasteiger partial charge in [-0.25, -0.2) is 0 Å². The van der Waals surface area contributed by atoms with Crippen LogP contribution in [0.1, 0.15) is 18.1 Å². The lowest BCUT2D eigenvalue weighted by Gasteiger charge is -2.16. The van der Waals surface area contributed by atoms with Crippen molar-refractivity contribution in [2.24, 2.45) is 0 Å². The lowest BCUT2D eigenvalue weighted by molar-refractivity contribution is -0.122. The Bertz CT molecular complexity index is 597. The first-order chi connectivity index (χ1) is 9.56. The number of amides is 1. The Balaban J connectivity index is 2.02. The topological polar surface area (TPSA) is 51.2 Å². The van der Waals surface area contributed by atoms with Crippen molar-refractivity contribution < 1.29 is 9.53 Å². The van der Waals surface area contributed by atoms with Crippen molar-refractivity contribution in [3.63, 3.8) is 0 Å². The second-order valence-electron chi connectivity index (χ2n) is 4.76. The maximum absolute atomic E-state index is 12.0. The van der Waals surface area contributed by atoms with E-state index < -0.39 is 6.10 Å². The van der Waals surface area contributed by atoms with Crippen molar-refractivity contribution in [3.05, 3.63) is 53.9 Å². The van der Waals surface area contributed by atoms with Gasteiger partial charge < -0.3 is 10.1 Å². The van der Waals surface area contributed by atoms with Crippen LogP contribution >= 0.6 is 0 Å². The van der Waals surface area contributed by atoms with E-state index in [2.05, 4.69) is 10.3 Å². The number of nitrogens with one attached hydrogen (secondary N) is 1. The number of anilines is 1. The molecule has 1 aromatic heterocycles. The minimum absolute atomic E-state index is 0.195. The molecule has 4 nitrogen and oxygen atoms in total. The molecule has 0 aliphatic rings. The molecule has 0 spiro atoms. The van der Waals surface area contributed by atoms with Gasteiger partial charge in [0.25, 0.3) is 5.91 Å². The predicted octanol–water partition coefficient (Wildman–Crippen LogP) is 3.10. The monoisotopic (exact) mass is 270 g/mol. The van der Waals surface area contributed by atoms with Crippen molar-refractivity contribution in [3.8, 4) is 5.75 Å². The largest absolute Gasteiger partial charge is 0.481 e. The number of aromatic nitrogens is 1. The molecule has 0 saturated heterocycles. The molecule has 2 aromatic rings. The van der Waals surface area contributed by atoms with Gasteiger partial charge in [-0.05, 0) is 50.1 Å². The van der Waals surface area contributed by atoms with E-state index in [0.717, 1.165) is 16.9 Å². The van der Waals surface area contributed by atoms with E-state index >= 15 is 0 Å². The molecule has 2 rings (SSSR count). The lowest BCUT2D eigenvalue weighted by Crippen LogP contribution is -2.30. The van der Waals surface area contributed by atoms with Crippen LogP contribution in [0, 0.1) is 13.8 Å². The summed E-state index contributed by atoms with van der Waals surface area (Å²) in [4.78, 5) is 16.0. The van der Waals surface area contributed by atoms with Crippen LogP contribution in [0.15, 0.2) is 42.7 Å². The minimum atomic E-state index is -0.573. The number of aryl methyl sites for hydroxylation is 2. The van der Waals surface area contributed by atoms with Gasteiger partial charge in [0.1, 0.15) is 5.75 Å². The first-order valence-corrected chi connectivity index (χ1v) is 6.51. The van der Waals surface area contributed by atoms with Crippen molar-refractivity contribution >= 4 is 11.6 Å². The summed E-state index contributed by atoms with van der Waals surface area (Å²) in [5.41, 5.74) is 2.77. The van der Waals surface area contributed by atoms with E-state index in [1.165, 1.54) is 0 Å². The minimum Gasteiger partial charge on any atom is -0.481 e. The molecule has 0 unspecified atom stereocenters. The zero-order chi connectivity index (χ0) is 14.5. The molecule has 0 radical (unpaired) electrons. The maximum Gasteiger partial charge on any atom is 0.265 e. The molecule has 0 aliphatic heterocycles. The molecule has 0 aliphatic carbocycles. The number of pyridine rings is 1. The van der Waals surface area contributed by atoms with E-state index in [1.54, 1.807) is 31.5 Å². The zero-order valence-electron chi connectivity index (χ0n) is 11.9. The Hall–Kier alpha value is -2.36. The fraction of sp³-hybridized carbons (Fsp3) is 0.250. The van der Waals surface area contributed by atoms with Gasteiger partial charge in [0.2, 0.25) is 0 Å². The highest BCUT2D eigenvalue weighted by Gasteiger charge is 2.15. The highest BCUT2D eigenvalue weighted by atomic mass is 16.5. The number of carbonyl (C=O) groups is 1. The molecule has 1 aromatic carbocycles. The van der Waals surface area contributed by atoms with Crippen molar-refractivity contribution in [2.75, 3.05) is 5.32 Å². The smallest absolute Gasteiger partial charge is 0.265 e. The number of hydrogen-bond acceptors (Lipinski definition) is 3. The molecular weight excluding hydrogens is 252 g/mol. The van der Waals surface area contributed by atoms with Crippen LogP contribution in [-0.4, -0.2) is 17.0 Å². The second kappa shape index (κ2) is 6.19.